The largest absolute Gasteiger partial charge is 0.508 e. The monoisotopic (exact) mass is 962 g/mol. The molecule has 356 valence electrons. The molecule has 0 saturated heterocycles. The van der Waals surface area contributed by atoms with Crippen molar-refractivity contribution in [2.45, 2.75) is 81.4 Å². The molecular weight excluding hydrogens is 911 g/mol. The van der Waals surface area contributed by atoms with Crippen molar-refractivity contribution in [3.05, 3.63) is 131 Å². The third-order valence-corrected chi connectivity index (χ3v) is 16.1. The Morgan fingerprint density at radius 1 is 0.657 bits per heavy atom. The predicted octanol–water partition coefficient (Wildman–Crippen LogP) is 8.08. The molecule has 18 heteroatoms. The van der Waals surface area contributed by atoms with Crippen LogP contribution in [0.2, 0.25) is 0 Å². The summed E-state index contributed by atoms with van der Waals surface area (Å²) in [5, 5.41) is 9.92. The topological polar surface area (TPSA) is 175 Å². The lowest BCUT2D eigenvalue weighted by molar-refractivity contribution is -0.149. The summed E-state index contributed by atoms with van der Waals surface area (Å²) >= 11 is 0. The number of aryl methyl sites for hydroxylation is 1. The van der Waals surface area contributed by atoms with Gasteiger partial charge in [-0.25, -0.2) is 25.6 Å². The highest BCUT2D eigenvalue weighted by atomic mass is 32.2. The molecule has 0 spiro atoms. The van der Waals surface area contributed by atoms with Gasteiger partial charge in [0.2, 0.25) is 0 Å². The number of phenols is 1. The van der Waals surface area contributed by atoms with Crippen molar-refractivity contribution >= 4 is 43.4 Å². The second-order valence-corrected chi connectivity index (χ2v) is 19.9. The zero-order valence-corrected chi connectivity index (χ0v) is 39.4. The molecule has 14 nitrogen and oxygen atoms in total. The number of hydrogen-bond donors (Lipinski definition) is 1. The first-order valence-corrected chi connectivity index (χ1v) is 24.6. The molecule has 3 aliphatic rings. The second-order valence-electron chi connectivity index (χ2n) is 16.2. The summed E-state index contributed by atoms with van der Waals surface area (Å²) in [6, 6.07) is 22.9. The van der Waals surface area contributed by atoms with Gasteiger partial charge >= 0.3 is 11.9 Å². The number of hydrogen-bond acceptors (Lipinski definition) is 12. The summed E-state index contributed by atoms with van der Waals surface area (Å²) in [4.78, 5) is 25.0. The van der Waals surface area contributed by atoms with Crippen molar-refractivity contribution in [1.29, 1.82) is 0 Å². The summed E-state index contributed by atoms with van der Waals surface area (Å²) in [5.41, 5.74) is 4.32. The van der Waals surface area contributed by atoms with E-state index in [4.69, 9.17) is 23.7 Å². The molecule has 5 aromatic carbocycles. The average molecular weight is 963 g/mol. The minimum absolute atomic E-state index is 0.109. The van der Waals surface area contributed by atoms with Crippen molar-refractivity contribution in [2.24, 2.45) is 11.8 Å². The first kappa shape index (κ1) is 48.5. The van der Waals surface area contributed by atoms with Gasteiger partial charge in [-0.3, -0.25) is 18.2 Å². The van der Waals surface area contributed by atoms with Gasteiger partial charge in [-0.1, -0.05) is 36.4 Å². The Kier molecular flexibility index (Phi) is 14.4. The van der Waals surface area contributed by atoms with E-state index >= 15 is 0 Å². The Labute approximate surface area is 389 Å². The quantitative estimate of drug-likeness (QED) is 0.119. The van der Waals surface area contributed by atoms with Gasteiger partial charge in [0.1, 0.15) is 17.6 Å². The van der Waals surface area contributed by atoms with Crippen LogP contribution in [0.15, 0.2) is 107 Å². The average Bonchev–Trinajstić information content (AvgIpc) is 3.71. The number of carbonyl (C=O) groups excluding carboxylic acids is 2. The van der Waals surface area contributed by atoms with Crippen LogP contribution in [0, 0.1) is 23.5 Å². The van der Waals surface area contributed by atoms with Crippen LogP contribution >= 0.6 is 0 Å². The van der Waals surface area contributed by atoms with Crippen LogP contribution in [0.25, 0.3) is 0 Å². The molecule has 0 radical (unpaired) electrons. The fourth-order valence-electron chi connectivity index (χ4n) is 8.89. The van der Waals surface area contributed by atoms with Crippen molar-refractivity contribution in [3.63, 3.8) is 0 Å². The number of carbonyl (C=O) groups is 2. The summed E-state index contributed by atoms with van der Waals surface area (Å²) in [6.45, 7) is 7.04. The highest BCUT2D eigenvalue weighted by Gasteiger charge is 2.45. The summed E-state index contributed by atoms with van der Waals surface area (Å²) in [7, 11) is -5.92. The molecule has 2 aliphatic heterocycles. The summed E-state index contributed by atoms with van der Waals surface area (Å²) in [5.74, 6) is -3.76. The van der Waals surface area contributed by atoms with Crippen LogP contribution in [0.3, 0.4) is 0 Å². The lowest BCUT2D eigenvalue weighted by atomic mass is 9.88. The third kappa shape index (κ3) is 9.59. The number of sulfonamides is 2. The molecule has 2 heterocycles. The SMILES string of the molecule is CCOC(=O)[C@@H]1Cc2ccc(O)cc2N(S(=O)(=O)c2ccc(F)c(OC)c2)[C@@H]1C.CCOC(=O)[C@@H]1Cc2ccc(OC3CCc4ccccc43)cc2N(S(=O)(=O)c2ccc(F)c(OC)c2)[C@@H]1C. The number of esters is 2. The molecule has 8 rings (SSSR count). The van der Waals surface area contributed by atoms with Crippen LogP contribution in [-0.2, 0) is 58.4 Å². The molecule has 0 amide bonds. The second kappa shape index (κ2) is 19.8. The fourth-order valence-corrected chi connectivity index (χ4v) is 12.4. The lowest BCUT2D eigenvalue weighted by Crippen LogP contribution is -2.49. The third-order valence-electron chi connectivity index (χ3n) is 12.3. The highest BCUT2D eigenvalue weighted by molar-refractivity contribution is 7.93. The van der Waals surface area contributed by atoms with Gasteiger partial charge in [0.05, 0.1) is 72.5 Å². The minimum Gasteiger partial charge on any atom is -0.508 e. The molecule has 67 heavy (non-hydrogen) atoms. The van der Waals surface area contributed by atoms with Crippen LogP contribution < -0.4 is 22.8 Å². The van der Waals surface area contributed by atoms with E-state index in [2.05, 4.69) is 12.1 Å². The normalized spacial score (nSPS) is 19.7. The van der Waals surface area contributed by atoms with E-state index in [1.54, 1.807) is 45.9 Å². The van der Waals surface area contributed by atoms with Crippen molar-refractivity contribution in [1.82, 2.24) is 0 Å². The Bertz CT molecular complexity index is 2900. The maximum absolute atomic E-state index is 14.1. The predicted molar refractivity (Wildman–Crippen MR) is 244 cm³/mol. The maximum atomic E-state index is 14.1. The zero-order valence-electron chi connectivity index (χ0n) is 37.8. The Hall–Kier alpha value is -6.40. The summed E-state index contributed by atoms with van der Waals surface area (Å²) < 4.78 is 112. The number of nitrogens with zero attached hydrogens (tertiary/aromatic N) is 2. The van der Waals surface area contributed by atoms with Crippen LogP contribution in [0.4, 0.5) is 20.2 Å². The van der Waals surface area contributed by atoms with Gasteiger partial charge < -0.3 is 28.8 Å². The maximum Gasteiger partial charge on any atom is 0.311 e. The zero-order chi connectivity index (χ0) is 48.4. The Balaban J connectivity index is 0.000000207. The number of anilines is 2. The van der Waals surface area contributed by atoms with Crippen molar-refractivity contribution < 1.29 is 64.0 Å². The highest BCUT2D eigenvalue weighted by Crippen LogP contribution is 2.44. The van der Waals surface area contributed by atoms with Crippen LogP contribution in [0.1, 0.15) is 62.5 Å². The van der Waals surface area contributed by atoms with E-state index in [9.17, 15) is 40.3 Å². The fraction of sp³-hybridized carbons (Fsp3) is 0.347. The molecule has 1 aliphatic carbocycles. The molecule has 5 atom stereocenters. The smallest absolute Gasteiger partial charge is 0.311 e. The van der Waals surface area contributed by atoms with Crippen LogP contribution in [-0.4, -0.2) is 73.4 Å². The number of aromatic hydroxyl groups is 1. The number of halogens is 2. The Morgan fingerprint density at radius 3 is 1.66 bits per heavy atom. The number of rotatable bonds is 12. The number of fused-ring (bicyclic) bond motifs is 3. The molecule has 0 fully saturated rings. The molecule has 0 aromatic heterocycles. The van der Waals surface area contributed by atoms with Crippen molar-refractivity contribution in [3.8, 4) is 23.0 Å². The van der Waals surface area contributed by atoms with E-state index in [0.29, 0.717) is 29.0 Å². The van der Waals surface area contributed by atoms with Gasteiger partial charge in [0.15, 0.2) is 23.1 Å². The number of ether oxygens (including phenoxy) is 5. The van der Waals surface area contributed by atoms with Gasteiger partial charge in [-0.2, -0.15) is 0 Å². The summed E-state index contributed by atoms with van der Waals surface area (Å²) in [6.07, 6.45) is 2.20. The Morgan fingerprint density at radius 2 is 1.15 bits per heavy atom. The van der Waals surface area contributed by atoms with Gasteiger partial charge in [-0.05, 0) is 112 Å². The standard InChI is InChI=1S/C29H30FNO6S.C20H22FNO6S/c1-4-36-29(32)24-15-20-9-11-21(37-27-14-10-19-7-5-6-8-23(19)27)16-26(20)31(18(24)2)38(33,34)22-12-13-25(30)28(17-22)35-3;1-4-28-20(24)16-9-13-5-6-14(23)10-18(13)22(12(16)2)29(25,26)15-7-8-17(21)19(11-15)27-3/h5-9,11-13,16-18,24,27H,4,10,14-15H2,1-3H3;5-8,10-12,16,23H,4,9H2,1-3H3/t18-,24-,27?;12-,16-/m11/s1. The molecule has 5 aromatic rings. The van der Waals surface area contributed by atoms with Gasteiger partial charge in [-0.15, -0.1) is 0 Å². The molecule has 1 N–H and O–H groups in total. The van der Waals surface area contributed by atoms with Crippen molar-refractivity contribution in [2.75, 3.05) is 36.0 Å². The number of benzene rings is 5. The number of phenolic OH excluding ortho intramolecular Hbond substituents is 1. The van der Waals surface area contributed by atoms with E-state index in [-0.39, 0.29) is 58.5 Å². The minimum atomic E-state index is -4.22. The molecular formula is C49H52F2N2O12S2. The lowest BCUT2D eigenvalue weighted by Gasteiger charge is -2.40. The van der Waals surface area contributed by atoms with E-state index in [1.807, 2.05) is 18.2 Å². The van der Waals surface area contributed by atoms with Gasteiger partial charge in [0.25, 0.3) is 20.0 Å². The first-order chi connectivity index (χ1) is 31.9. The van der Waals surface area contributed by atoms with E-state index in [1.165, 1.54) is 42.3 Å². The van der Waals surface area contributed by atoms with E-state index in [0.717, 1.165) is 53.0 Å². The molecule has 0 saturated carbocycles. The van der Waals surface area contributed by atoms with E-state index < -0.39 is 67.5 Å². The molecule has 0 bridgehead atoms. The number of methoxy groups -OCH3 is 2. The first-order valence-electron chi connectivity index (χ1n) is 21.7. The van der Waals surface area contributed by atoms with Crippen LogP contribution in [0.5, 0.6) is 23.0 Å². The van der Waals surface area contributed by atoms with Gasteiger partial charge in [0, 0.05) is 24.3 Å². The molecule has 1 unspecified atom stereocenters.